The van der Waals surface area contributed by atoms with Crippen molar-refractivity contribution in [3.05, 3.63) is 228 Å². The molecule has 1 aliphatic rings. The summed E-state index contributed by atoms with van der Waals surface area (Å²) in [7, 11) is 0. The van der Waals surface area contributed by atoms with Crippen LogP contribution in [0.15, 0.2) is 200 Å². The first-order chi connectivity index (χ1) is 30.8. The van der Waals surface area contributed by atoms with E-state index >= 15 is 0 Å². The third-order valence-electron chi connectivity index (χ3n) is 12.7. The molecule has 0 aliphatic heterocycles. The summed E-state index contributed by atoms with van der Waals surface area (Å²) in [5.74, 6) is 1.95. The van der Waals surface area contributed by atoms with E-state index in [2.05, 4.69) is 208 Å². The van der Waals surface area contributed by atoms with Crippen LogP contribution in [0.4, 0.5) is 0 Å². The van der Waals surface area contributed by atoms with Gasteiger partial charge in [-0.3, -0.25) is 4.98 Å². The van der Waals surface area contributed by atoms with Gasteiger partial charge in [0.2, 0.25) is 0 Å². The van der Waals surface area contributed by atoms with Crippen LogP contribution >= 0.6 is 0 Å². The van der Waals surface area contributed by atoms with Crippen LogP contribution in [0.3, 0.4) is 0 Å². The van der Waals surface area contributed by atoms with E-state index in [0.29, 0.717) is 17.5 Å². The van der Waals surface area contributed by atoms with Crippen LogP contribution in [0.5, 0.6) is 0 Å². The molecule has 2 heterocycles. The number of para-hydroxylation sites is 1. The molecule has 0 saturated carbocycles. The first-order valence-corrected chi connectivity index (χ1v) is 21.7. The highest BCUT2D eigenvalue weighted by molar-refractivity contribution is 5.93. The summed E-state index contributed by atoms with van der Waals surface area (Å²) in [6.45, 7) is 6.81. The van der Waals surface area contributed by atoms with Crippen molar-refractivity contribution in [1.82, 2.24) is 19.9 Å². The first-order valence-electron chi connectivity index (χ1n) is 21.7. The van der Waals surface area contributed by atoms with Crippen molar-refractivity contribution in [1.29, 1.82) is 0 Å². The van der Waals surface area contributed by atoms with Gasteiger partial charge in [-0.25, -0.2) is 15.0 Å². The maximum Gasteiger partial charge on any atom is 0.164 e. The second-order valence-corrected chi connectivity index (χ2v) is 17.2. The Morgan fingerprint density at radius 1 is 0.381 bits per heavy atom. The molecule has 0 unspecified atom stereocenters. The Balaban J connectivity index is 0.904. The number of nitrogens with zero attached hydrogens (tertiary/aromatic N) is 4. The van der Waals surface area contributed by atoms with Crippen LogP contribution in [0, 0.1) is 6.92 Å². The number of pyridine rings is 1. The molecule has 0 radical (unpaired) electrons. The number of benzene rings is 8. The highest BCUT2D eigenvalue weighted by atomic mass is 15.0. The normalized spacial score (nSPS) is 12.6. The molecule has 0 spiro atoms. The zero-order valence-corrected chi connectivity index (χ0v) is 35.5. The lowest BCUT2D eigenvalue weighted by Gasteiger charge is -2.22. The molecule has 10 aromatic rings. The molecule has 8 aromatic carbocycles. The van der Waals surface area contributed by atoms with Crippen LogP contribution in [-0.4, -0.2) is 19.9 Å². The number of aromatic nitrogens is 4. The molecule has 0 N–H and O–H groups in total. The summed E-state index contributed by atoms with van der Waals surface area (Å²) < 4.78 is 0. The molecule has 1 aliphatic carbocycles. The summed E-state index contributed by atoms with van der Waals surface area (Å²) in [5, 5.41) is 1.15. The van der Waals surface area contributed by atoms with Gasteiger partial charge in [-0.2, -0.15) is 0 Å². The van der Waals surface area contributed by atoms with Crippen LogP contribution in [-0.2, 0) is 11.8 Å². The quantitative estimate of drug-likeness (QED) is 0.153. The minimum atomic E-state index is -0.146. The predicted octanol–water partition coefficient (Wildman–Crippen LogP) is 14.6. The standard InChI is InChI=1S/C59H44N4/c1-38-17-31-51-52-32-30-49(37-54(52)59(2,3)53(51)34-38)58-62-56(46-26-22-42(23-27-46)41-11-5-4-6-12-41)61-57(63-58)47-28-24-43(25-29-47)48-14-7-10-40(36-48)35-39-18-20-44(21-19-39)50-16-8-13-45-15-9-33-60-55(45)50/h4-34,36-37H,35H2,1-3H3. The van der Waals surface area contributed by atoms with Gasteiger partial charge in [0, 0.05) is 39.3 Å². The van der Waals surface area contributed by atoms with E-state index in [1.165, 1.54) is 55.6 Å². The van der Waals surface area contributed by atoms with Crippen molar-refractivity contribution < 1.29 is 0 Å². The number of hydrogen-bond donors (Lipinski definition) is 0. The van der Waals surface area contributed by atoms with E-state index < -0.39 is 0 Å². The molecule has 4 nitrogen and oxygen atoms in total. The number of hydrogen-bond acceptors (Lipinski definition) is 4. The van der Waals surface area contributed by atoms with E-state index in [1.54, 1.807) is 0 Å². The first kappa shape index (κ1) is 38.1. The molecule has 63 heavy (non-hydrogen) atoms. The van der Waals surface area contributed by atoms with Gasteiger partial charge in [-0.1, -0.05) is 201 Å². The van der Waals surface area contributed by atoms with Crippen LogP contribution in [0.2, 0.25) is 0 Å². The van der Waals surface area contributed by atoms with E-state index in [1.807, 2.05) is 18.3 Å². The maximum absolute atomic E-state index is 5.18. The lowest BCUT2D eigenvalue weighted by Crippen LogP contribution is -2.15. The summed E-state index contributed by atoms with van der Waals surface area (Å²) in [6.07, 6.45) is 2.71. The summed E-state index contributed by atoms with van der Waals surface area (Å²) in [4.78, 5) is 20.1. The molecule has 2 aromatic heterocycles. The molecular formula is C59H44N4. The number of fused-ring (bicyclic) bond motifs is 4. The van der Waals surface area contributed by atoms with Crippen molar-refractivity contribution in [3.63, 3.8) is 0 Å². The Bertz CT molecular complexity index is 3310. The van der Waals surface area contributed by atoms with Crippen molar-refractivity contribution in [2.24, 2.45) is 0 Å². The lowest BCUT2D eigenvalue weighted by atomic mass is 9.81. The minimum absolute atomic E-state index is 0.146. The van der Waals surface area contributed by atoms with E-state index in [9.17, 15) is 0 Å². The molecule has 0 saturated heterocycles. The second-order valence-electron chi connectivity index (χ2n) is 17.2. The third-order valence-corrected chi connectivity index (χ3v) is 12.7. The van der Waals surface area contributed by atoms with Crippen molar-refractivity contribution in [2.45, 2.75) is 32.6 Å². The van der Waals surface area contributed by atoms with Gasteiger partial charge < -0.3 is 0 Å². The van der Waals surface area contributed by atoms with Crippen molar-refractivity contribution in [2.75, 3.05) is 0 Å². The fraction of sp³-hybridized carbons (Fsp3) is 0.0847. The monoisotopic (exact) mass is 808 g/mol. The van der Waals surface area contributed by atoms with Gasteiger partial charge in [-0.05, 0) is 86.7 Å². The van der Waals surface area contributed by atoms with Gasteiger partial charge in [0.15, 0.2) is 17.5 Å². The molecule has 0 amide bonds. The maximum atomic E-state index is 5.18. The van der Waals surface area contributed by atoms with Gasteiger partial charge >= 0.3 is 0 Å². The summed E-state index contributed by atoms with van der Waals surface area (Å²) in [5.41, 5.74) is 19.7. The number of aryl methyl sites for hydroxylation is 1. The Labute approximate surface area is 368 Å². The highest BCUT2D eigenvalue weighted by Crippen LogP contribution is 2.50. The third kappa shape index (κ3) is 7.20. The molecule has 0 fully saturated rings. The van der Waals surface area contributed by atoms with E-state index in [-0.39, 0.29) is 5.41 Å². The fourth-order valence-corrected chi connectivity index (χ4v) is 9.24. The average Bonchev–Trinajstić information content (AvgIpc) is 3.56. The summed E-state index contributed by atoms with van der Waals surface area (Å²) >= 11 is 0. The van der Waals surface area contributed by atoms with Crippen molar-refractivity contribution >= 4 is 10.9 Å². The molecule has 300 valence electrons. The minimum Gasteiger partial charge on any atom is -0.256 e. The van der Waals surface area contributed by atoms with Gasteiger partial charge in [0.1, 0.15) is 0 Å². The molecular weight excluding hydrogens is 765 g/mol. The van der Waals surface area contributed by atoms with Crippen LogP contribution in [0.1, 0.15) is 41.7 Å². The average molecular weight is 809 g/mol. The van der Waals surface area contributed by atoms with E-state index in [4.69, 9.17) is 15.0 Å². The van der Waals surface area contributed by atoms with E-state index in [0.717, 1.165) is 50.7 Å². The van der Waals surface area contributed by atoms with Gasteiger partial charge in [0.25, 0.3) is 0 Å². The van der Waals surface area contributed by atoms with Crippen LogP contribution < -0.4 is 0 Å². The molecule has 4 heteroatoms. The Hall–Kier alpha value is -7.82. The Kier molecular flexibility index (Phi) is 9.43. The Morgan fingerprint density at radius 2 is 0.921 bits per heavy atom. The zero-order chi connectivity index (χ0) is 42.5. The lowest BCUT2D eigenvalue weighted by molar-refractivity contribution is 0.660. The van der Waals surface area contributed by atoms with Gasteiger partial charge in [-0.15, -0.1) is 0 Å². The van der Waals surface area contributed by atoms with Crippen LogP contribution in [0.25, 0.3) is 89.6 Å². The summed E-state index contributed by atoms with van der Waals surface area (Å²) in [6, 6.07) is 69.3. The molecule has 0 atom stereocenters. The topological polar surface area (TPSA) is 51.6 Å². The molecule has 11 rings (SSSR count). The SMILES string of the molecule is Cc1ccc2c(c1)C(C)(C)c1cc(-c3nc(-c4ccc(-c5ccccc5)cc4)nc(-c4ccc(-c5cccc(Cc6ccc(-c7cccc8cccnc78)cc6)c5)cc4)n3)ccc1-2. The second kappa shape index (κ2) is 15.6. The fourth-order valence-electron chi connectivity index (χ4n) is 9.24. The number of rotatable bonds is 8. The molecule has 0 bridgehead atoms. The Morgan fingerprint density at radius 3 is 1.63 bits per heavy atom. The van der Waals surface area contributed by atoms with Gasteiger partial charge in [0.05, 0.1) is 5.52 Å². The largest absolute Gasteiger partial charge is 0.256 e. The predicted molar refractivity (Wildman–Crippen MR) is 259 cm³/mol. The zero-order valence-electron chi connectivity index (χ0n) is 35.5. The van der Waals surface area contributed by atoms with Crippen molar-refractivity contribution in [3.8, 4) is 78.7 Å². The smallest absolute Gasteiger partial charge is 0.164 e. The highest BCUT2D eigenvalue weighted by Gasteiger charge is 2.35.